The molecule has 2 saturated heterocycles. The van der Waals surface area contributed by atoms with Gasteiger partial charge in [-0.15, -0.1) is 0 Å². The maximum Gasteiger partial charge on any atom is 0.224 e. The van der Waals surface area contributed by atoms with Gasteiger partial charge in [-0.05, 0) is 6.92 Å². The molecule has 0 aromatic heterocycles. The molecule has 0 saturated carbocycles. The number of nitrogens with zero attached hydrogens (tertiary/aromatic N) is 2. The summed E-state index contributed by atoms with van der Waals surface area (Å²) in [6.07, 6.45) is 0.389. The number of ether oxygens (including phenoxy) is 1. The third kappa shape index (κ3) is 4.66. The van der Waals surface area contributed by atoms with Crippen LogP contribution < -0.4 is 11.1 Å². The average Bonchev–Trinajstić information content (AvgIpc) is 2.85. The lowest BCUT2D eigenvalue weighted by Gasteiger charge is -2.28. The number of nitrogens with one attached hydrogen (secondary N) is 1. The molecule has 2 fully saturated rings. The molecule has 126 valence electrons. The summed E-state index contributed by atoms with van der Waals surface area (Å²) in [5, 5.41) is 2.94. The van der Waals surface area contributed by atoms with Gasteiger partial charge in [-0.2, -0.15) is 0 Å². The van der Waals surface area contributed by atoms with E-state index in [0.717, 1.165) is 32.8 Å². The molecule has 0 radical (unpaired) electrons. The monoisotopic (exact) mass is 312 g/mol. The van der Waals surface area contributed by atoms with Gasteiger partial charge >= 0.3 is 0 Å². The largest absolute Gasteiger partial charge is 0.379 e. The number of hydrogen-bond acceptors (Lipinski definition) is 5. The fourth-order valence-corrected chi connectivity index (χ4v) is 2.74. The van der Waals surface area contributed by atoms with Crippen molar-refractivity contribution in [2.24, 2.45) is 11.7 Å². The molecule has 3 unspecified atom stereocenters. The van der Waals surface area contributed by atoms with Crippen molar-refractivity contribution in [3.63, 3.8) is 0 Å². The molecule has 2 aliphatic heterocycles. The lowest BCUT2D eigenvalue weighted by Crippen LogP contribution is -2.45. The van der Waals surface area contributed by atoms with Gasteiger partial charge in [0.05, 0.1) is 19.3 Å². The Morgan fingerprint density at radius 3 is 2.68 bits per heavy atom. The zero-order valence-corrected chi connectivity index (χ0v) is 13.6. The summed E-state index contributed by atoms with van der Waals surface area (Å²) in [7, 11) is 0. The minimum Gasteiger partial charge on any atom is -0.379 e. The van der Waals surface area contributed by atoms with Crippen LogP contribution >= 0.6 is 0 Å². The van der Waals surface area contributed by atoms with Crippen LogP contribution in [0.3, 0.4) is 0 Å². The van der Waals surface area contributed by atoms with Crippen molar-refractivity contribution >= 4 is 11.8 Å². The second-order valence-electron chi connectivity index (χ2n) is 6.35. The Morgan fingerprint density at radius 1 is 1.36 bits per heavy atom. The number of likely N-dealkylation sites (tertiary alicyclic amines) is 1. The van der Waals surface area contributed by atoms with Crippen LogP contribution in [0.5, 0.6) is 0 Å². The van der Waals surface area contributed by atoms with Crippen molar-refractivity contribution in [3.8, 4) is 0 Å². The molecule has 0 aromatic carbocycles. The van der Waals surface area contributed by atoms with Crippen LogP contribution in [0.1, 0.15) is 20.3 Å². The van der Waals surface area contributed by atoms with E-state index in [1.54, 1.807) is 0 Å². The highest BCUT2D eigenvalue weighted by molar-refractivity contribution is 5.83. The molecule has 0 bridgehead atoms. The number of hydrogen-bond donors (Lipinski definition) is 2. The Kier molecular flexibility index (Phi) is 6.16. The van der Waals surface area contributed by atoms with Crippen molar-refractivity contribution in [2.75, 3.05) is 45.9 Å². The number of morpholine rings is 1. The molecule has 7 nitrogen and oxygen atoms in total. The van der Waals surface area contributed by atoms with E-state index in [0.29, 0.717) is 19.5 Å². The average molecular weight is 312 g/mol. The second kappa shape index (κ2) is 7.89. The van der Waals surface area contributed by atoms with E-state index < -0.39 is 0 Å². The third-order valence-corrected chi connectivity index (χ3v) is 4.55. The van der Waals surface area contributed by atoms with Crippen LogP contribution in [-0.2, 0) is 14.3 Å². The molecular weight excluding hydrogens is 284 g/mol. The summed E-state index contributed by atoms with van der Waals surface area (Å²) in [5.74, 6) is -0.188. The molecule has 0 spiro atoms. The summed E-state index contributed by atoms with van der Waals surface area (Å²) in [6, 6.07) is -0.277. The number of rotatable bonds is 6. The fourth-order valence-electron chi connectivity index (χ4n) is 2.74. The van der Waals surface area contributed by atoms with Gasteiger partial charge in [-0.1, -0.05) is 6.92 Å². The van der Waals surface area contributed by atoms with Crippen LogP contribution in [-0.4, -0.2) is 79.6 Å². The van der Waals surface area contributed by atoms with Crippen molar-refractivity contribution in [2.45, 2.75) is 32.4 Å². The van der Waals surface area contributed by atoms with E-state index in [4.69, 9.17) is 10.5 Å². The standard InChI is InChI=1S/C15H28N4O3/c1-11(12(2)16)15(21)17-13-9-14(20)19(10-13)4-3-18-5-7-22-8-6-18/h11-13H,3-10,16H2,1-2H3,(H,17,21). The van der Waals surface area contributed by atoms with Crippen LogP contribution in [0.25, 0.3) is 0 Å². The molecule has 7 heteroatoms. The number of carbonyl (C=O) groups excluding carboxylic acids is 2. The van der Waals surface area contributed by atoms with Crippen LogP contribution in [0.15, 0.2) is 0 Å². The van der Waals surface area contributed by atoms with E-state index in [1.165, 1.54) is 0 Å². The van der Waals surface area contributed by atoms with Gasteiger partial charge in [0, 0.05) is 51.1 Å². The van der Waals surface area contributed by atoms with E-state index in [2.05, 4.69) is 10.2 Å². The fraction of sp³-hybridized carbons (Fsp3) is 0.867. The summed E-state index contributed by atoms with van der Waals surface area (Å²) >= 11 is 0. The van der Waals surface area contributed by atoms with Gasteiger partial charge in [-0.3, -0.25) is 14.5 Å². The van der Waals surface area contributed by atoms with Gasteiger partial charge in [0.1, 0.15) is 0 Å². The molecule has 3 N–H and O–H groups in total. The molecule has 0 aliphatic carbocycles. The third-order valence-electron chi connectivity index (χ3n) is 4.55. The summed E-state index contributed by atoms with van der Waals surface area (Å²) in [4.78, 5) is 28.2. The predicted molar refractivity (Wildman–Crippen MR) is 83.2 cm³/mol. The van der Waals surface area contributed by atoms with E-state index in [1.807, 2.05) is 18.7 Å². The minimum atomic E-state index is -0.238. The molecule has 2 rings (SSSR count). The van der Waals surface area contributed by atoms with E-state index in [-0.39, 0.29) is 29.8 Å². The Labute approximate surface area is 132 Å². The molecule has 2 amide bonds. The smallest absolute Gasteiger partial charge is 0.224 e. The summed E-state index contributed by atoms with van der Waals surface area (Å²) < 4.78 is 5.32. The highest BCUT2D eigenvalue weighted by atomic mass is 16.5. The molecular formula is C15H28N4O3. The zero-order chi connectivity index (χ0) is 16.1. The number of amides is 2. The van der Waals surface area contributed by atoms with Gasteiger partial charge in [0.25, 0.3) is 0 Å². The lowest BCUT2D eigenvalue weighted by atomic mass is 10.0. The molecule has 3 atom stereocenters. The first kappa shape index (κ1) is 17.2. The predicted octanol–water partition coefficient (Wildman–Crippen LogP) is -0.981. The number of nitrogens with two attached hydrogens (primary N) is 1. The van der Waals surface area contributed by atoms with E-state index >= 15 is 0 Å². The van der Waals surface area contributed by atoms with Crippen LogP contribution in [0, 0.1) is 5.92 Å². The van der Waals surface area contributed by atoms with Crippen molar-refractivity contribution in [1.82, 2.24) is 15.1 Å². The van der Waals surface area contributed by atoms with Crippen LogP contribution in [0.4, 0.5) is 0 Å². The molecule has 0 aromatic rings. The maximum atomic E-state index is 12.0. The first-order valence-corrected chi connectivity index (χ1v) is 8.11. The molecule has 22 heavy (non-hydrogen) atoms. The summed E-state index contributed by atoms with van der Waals surface area (Å²) in [5.41, 5.74) is 5.74. The minimum absolute atomic E-state index is 0.0668. The van der Waals surface area contributed by atoms with Crippen molar-refractivity contribution < 1.29 is 14.3 Å². The second-order valence-corrected chi connectivity index (χ2v) is 6.35. The van der Waals surface area contributed by atoms with Gasteiger partial charge in [0.2, 0.25) is 11.8 Å². The Morgan fingerprint density at radius 2 is 2.05 bits per heavy atom. The maximum absolute atomic E-state index is 12.0. The Balaban J connectivity index is 1.74. The van der Waals surface area contributed by atoms with E-state index in [9.17, 15) is 9.59 Å². The van der Waals surface area contributed by atoms with Gasteiger partial charge in [0.15, 0.2) is 0 Å². The Bertz CT molecular complexity index is 396. The highest BCUT2D eigenvalue weighted by Crippen LogP contribution is 2.12. The number of carbonyl (C=O) groups is 2. The quantitative estimate of drug-likeness (QED) is 0.658. The normalized spacial score (nSPS) is 26.0. The van der Waals surface area contributed by atoms with Crippen LogP contribution in [0.2, 0.25) is 0 Å². The van der Waals surface area contributed by atoms with Gasteiger partial charge in [-0.25, -0.2) is 0 Å². The Hall–Kier alpha value is -1.18. The van der Waals surface area contributed by atoms with Gasteiger partial charge < -0.3 is 20.7 Å². The molecule has 2 heterocycles. The molecule has 2 aliphatic rings. The summed E-state index contributed by atoms with van der Waals surface area (Å²) in [6.45, 7) is 9.19. The highest BCUT2D eigenvalue weighted by Gasteiger charge is 2.31. The first-order valence-electron chi connectivity index (χ1n) is 8.11. The van der Waals surface area contributed by atoms with Crippen molar-refractivity contribution in [1.29, 1.82) is 0 Å². The lowest BCUT2D eigenvalue weighted by molar-refractivity contribution is -0.128. The van der Waals surface area contributed by atoms with Crippen molar-refractivity contribution in [3.05, 3.63) is 0 Å². The SMILES string of the molecule is CC(N)C(C)C(=O)NC1CC(=O)N(CCN2CCOCC2)C1. The first-order chi connectivity index (χ1) is 10.5. The zero-order valence-electron chi connectivity index (χ0n) is 13.6. The topological polar surface area (TPSA) is 87.9 Å².